The Balaban J connectivity index is 1.56. The van der Waals surface area contributed by atoms with Gasteiger partial charge in [0, 0.05) is 38.3 Å². The van der Waals surface area contributed by atoms with Crippen LogP contribution >= 0.6 is 11.3 Å². The number of hydrogen-bond acceptors (Lipinski definition) is 6. The molecule has 3 rings (SSSR count). The summed E-state index contributed by atoms with van der Waals surface area (Å²) >= 11 is 1.66. The molecule has 2 heterocycles. The van der Waals surface area contributed by atoms with Crippen molar-refractivity contribution in [2.24, 2.45) is 4.99 Å². The molecule has 0 bridgehead atoms. The van der Waals surface area contributed by atoms with Crippen LogP contribution in [0.15, 0.2) is 53.0 Å². The van der Waals surface area contributed by atoms with Crippen molar-refractivity contribution >= 4 is 17.3 Å². The molecule has 0 aliphatic carbocycles. The maximum absolute atomic E-state index is 5.88. The minimum absolute atomic E-state index is 0.520. The van der Waals surface area contributed by atoms with Gasteiger partial charge in [0.15, 0.2) is 17.5 Å². The average molecular weight is 426 g/mol. The molecule has 1 N–H and O–H groups in total. The molecule has 0 saturated heterocycles. The minimum Gasteiger partial charge on any atom is -0.490 e. The van der Waals surface area contributed by atoms with Gasteiger partial charge in [-0.2, -0.15) is 0 Å². The summed E-state index contributed by atoms with van der Waals surface area (Å²) in [4.78, 5) is 15.3. The van der Waals surface area contributed by atoms with E-state index in [0.717, 1.165) is 22.2 Å². The highest BCUT2D eigenvalue weighted by atomic mass is 32.1. The van der Waals surface area contributed by atoms with E-state index < -0.39 is 0 Å². The Morgan fingerprint density at radius 1 is 1.20 bits per heavy atom. The SMILES string of the molecule is CCOc1ccccc1Oc1ccc(CNC(=NC)N(C)Cc2csc(C)n2)cn1. The summed E-state index contributed by atoms with van der Waals surface area (Å²) in [5.74, 6) is 2.67. The molecule has 158 valence electrons. The molecule has 1 aromatic carbocycles. The van der Waals surface area contributed by atoms with Gasteiger partial charge in [0.2, 0.25) is 5.88 Å². The fraction of sp³-hybridized carbons (Fsp3) is 0.318. The first-order chi connectivity index (χ1) is 14.6. The van der Waals surface area contributed by atoms with Crippen LogP contribution < -0.4 is 14.8 Å². The first-order valence-electron chi connectivity index (χ1n) is 9.76. The standard InChI is InChI=1S/C22H27N5O2S/c1-5-28-19-8-6-7-9-20(19)29-21-11-10-17(12-24-21)13-25-22(23-3)27(4)14-18-15-30-16(2)26-18/h6-12,15H,5,13-14H2,1-4H3,(H,23,25). The van der Waals surface area contributed by atoms with Crippen LogP contribution in [0.1, 0.15) is 23.2 Å². The number of benzene rings is 1. The monoisotopic (exact) mass is 425 g/mol. The summed E-state index contributed by atoms with van der Waals surface area (Å²) < 4.78 is 11.5. The van der Waals surface area contributed by atoms with E-state index in [1.54, 1.807) is 24.6 Å². The predicted molar refractivity (Wildman–Crippen MR) is 120 cm³/mol. The van der Waals surface area contributed by atoms with E-state index in [0.29, 0.717) is 37.1 Å². The van der Waals surface area contributed by atoms with E-state index in [1.165, 1.54) is 0 Å². The van der Waals surface area contributed by atoms with Crippen LogP contribution in [0, 0.1) is 6.92 Å². The Morgan fingerprint density at radius 3 is 2.63 bits per heavy atom. The third kappa shape index (κ3) is 5.93. The number of hydrogen-bond donors (Lipinski definition) is 1. The normalized spacial score (nSPS) is 11.3. The molecular formula is C22H27N5O2S. The van der Waals surface area contributed by atoms with Crippen molar-refractivity contribution in [3.63, 3.8) is 0 Å². The first-order valence-corrected chi connectivity index (χ1v) is 10.6. The van der Waals surface area contributed by atoms with Crippen molar-refractivity contribution in [3.05, 3.63) is 64.2 Å². The number of aliphatic imine (C=N–C) groups is 1. The summed E-state index contributed by atoms with van der Waals surface area (Å²) in [6.45, 7) is 5.84. The fourth-order valence-electron chi connectivity index (χ4n) is 2.86. The van der Waals surface area contributed by atoms with Crippen molar-refractivity contribution < 1.29 is 9.47 Å². The zero-order chi connectivity index (χ0) is 21.3. The van der Waals surface area contributed by atoms with Crippen LogP contribution in [0.25, 0.3) is 0 Å². The van der Waals surface area contributed by atoms with E-state index in [-0.39, 0.29) is 0 Å². The number of ether oxygens (including phenoxy) is 2. The van der Waals surface area contributed by atoms with Gasteiger partial charge < -0.3 is 19.7 Å². The van der Waals surface area contributed by atoms with Crippen LogP contribution in [-0.2, 0) is 13.1 Å². The summed E-state index contributed by atoms with van der Waals surface area (Å²) in [7, 11) is 3.77. The van der Waals surface area contributed by atoms with Crippen LogP contribution in [-0.4, -0.2) is 41.5 Å². The molecule has 2 aromatic heterocycles. The van der Waals surface area contributed by atoms with Crippen LogP contribution in [0.4, 0.5) is 0 Å². The summed E-state index contributed by atoms with van der Waals surface area (Å²) in [6.07, 6.45) is 1.79. The van der Waals surface area contributed by atoms with Crippen molar-refractivity contribution in [1.29, 1.82) is 0 Å². The maximum Gasteiger partial charge on any atom is 0.219 e. The van der Waals surface area contributed by atoms with E-state index >= 15 is 0 Å². The van der Waals surface area contributed by atoms with Gasteiger partial charge in [-0.15, -0.1) is 11.3 Å². The summed E-state index contributed by atoms with van der Waals surface area (Å²) in [5.41, 5.74) is 2.07. The number of guanidine groups is 1. The third-order valence-electron chi connectivity index (χ3n) is 4.25. The lowest BCUT2D eigenvalue weighted by molar-refractivity contribution is 0.319. The number of para-hydroxylation sites is 2. The van der Waals surface area contributed by atoms with Crippen molar-refractivity contribution in [1.82, 2.24) is 20.2 Å². The molecule has 0 aliphatic rings. The minimum atomic E-state index is 0.520. The molecular weight excluding hydrogens is 398 g/mol. The smallest absolute Gasteiger partial charge is 0.219 e. The van der Waals surface area contributed by atoms with Crippen LogP contribution in [0.3, 0.4) is 0 Å². The number of thiazole rings is 1. The Morgan fingerprint density at radius 2 is 2.00 bits per heavy atom. The number of aryl methyl sites for hydroxylation is 1. The van der Waals surface area contributed by atoms with E-state index in [2.05, 4.69) is 25.7 Å². The molecule has 7 nitrogen and oxygen atoms in total. The van der Waals surface area contributed by atoms with Gasteiger partial charge in [-0.1, -0.05) is 18.2 Å². The molecule has 0 amide bonds. The Bertz CT molecular complexity index is 972. The number of pyridine rings is 1. The Labute approximate surface area is 181 Å². The van der Waals surface area contributed by atoms with Crippen molar-refractivity contribution in [2.45, 2.75) is 26.9 Å². The molecule has 3 aromatic rings. The lowest BCUT2D eigenvalue weighted by atomic mass is 10.3. The average Bonchev–Trinajstić information content (AvgIpc) is 3.16. The quantitative estimate of drug-likeness (QED) is 0.430. The van der Waals surface area contributed by atoms with Gasteiger partial charge >= 0.3 is 0 Å². The number of nitrogens with one attached hydrogen (secondary N) is 1. The van der Waals surface area contributed by atoms with Gasteiger partial charge in [0.1, 0.15) is 0 Å². The molecule has 0 spiro atoms. The Kier molecular flexibility index (Phi) is 7.62. The molecule has 0 atom stereocenters. The highest BCUT2D eigenvalue weighted by Crippen LogP contribution is 2.30. The summed E-state index contributed by atoms with van der Waals surface area (Å²) in [6, 6.07) is 11.4. The zero-order valence-corrected chi connectivity index (χ0v) is 18.6. The molecule has 0 radical (unpaired) electrons. The maximum atomic E-state index is 5.88. The van der Waals surface area contributed by atoms with Crippen molar-refractivity contribution in [3.8, 4) is 17.4 Å². The largest absolute Gasteiger partial charge is 0.490 e. The molecule has 0 fully saturated rings. The molecule has 0 aliphatic heterocycles. The first kappa shape index (κ1) is 21.6. The predicted octanol–water partition coefficient (Wildman–Crippen LogP) is 4.24. The summed E-state index contributed by atoms with van der Waals surface area (Å²) in [5, 5.41) is 6.50. The molecule has 0 unspecified atom stereocenters. The highest BCUT2D eigenvalue weighted by Gasteiger charge is 2.10. The van der Waals surface area contributed by atoms with E-state index in [1.807, 2.05) is 62.2 Å². The number of rotatable bonds is 8. The second-order valence-corrected chi connectivity index (χ2v) is 7.66. The second kappa shape index (κ2) is 10.6. The zero-order valence-electron chi connectivity index (χ0n) is 17.8. The lowest BCUT2D eigenvalue weighted by Crippen LogP contribution is -2.38. The lowest BCUT2D eigenvalue weighted by Gasteiger charge is -2.21. The highest BCUT2D eigenvalue weighted by molar-refractivity contribution is 7.09. The molecule has 30 heavy (non-hydrogen) atoms. The van der Waals surface area contributed by atoms with Gasteiger partial charge in [-0.05, 0) is 31.5 Å². The number of nitrogens with zero attached hydrogens (tertiary/aromatic N) is 4. The van der Waals surface area contributed by atoms with Gasteiger partial charge in [-0.25, -0.2) is 9.97 Å². The van der Waals surface area contributed by atoms with Crippen molar-refractivity contribution in [2.75, 3.05) is 20.7 Å². The Hall–Kier alpha value is -3.13. The van der Waals surface area contributed by atoms with Gasteiger partial charge in [0.25, 0.3) is 0 Å². The van der Waals surface area contributed by atoms with Crippen LogP contribution in [0.5, 0.6) is 17.4 Å². The van der Waals surface area contributed by atoms with E-state index in [9.17, 15) is 0 Å². The van der Waals surface area contributed by atoms with Crippen LogP contribution in [0.2, 0.25) is 0 Å². The van der Waals surface area contributed by atoms with E-state index in [4.69, 9.17) is 9.47 Å². The molecule has 8 heteroatoms. The second-order valence-electron chi connectivity index (χ2n) is 6.60. The fourth-order valence-corrected chi connectivity index (χ4v) is 3.47. The third-order valence-corrected chi connectivity index (χ3v) is 5.07. The van der Waals surface area contributed by atoms with Gasteiger partial charge in [0.05, 0.1) is 23.9 Å². The topological polar surface area (TPSA) is 71.9 Å². The number of aromatic nitrogens is 2. The molecule has 0 saturated carbocycles. The van der Waals surface area contributed by atoms with Gasteiger partial charge in [-0.3, -0.25) is 4.99 Å².